The van der Waals surface area contributed by atoms with E-state index in [9.17, 15) is 4.79 Å². The summed E-state index contributed by atoms with van der Waals surface area (Å²) in [5.74, 6) is 1.23. The summed E-state index contributed by atoms with van der Waals surface area (Å²) in [6, 6.07) is 13.7. The summed E-state index contributed by atoms with van der Waals surface area (Å²) < 4.78 is 10.8. The van der Waals surface area contributed by atoms with Gasteiger partial charge in [-0.05, 0) is 43.6 Å². The van der Waals surface area contributed by atoms with Crippen molar-refractivity contribution in [1.82, 2.24) is 20.4 Å². The number of hydrogen-bond acceptors (Lipinski definition) is 6. The zero-order valence-electron chi connectivity index (χ0n) is 17.1. The average molecular weight is 406 g/mol. The third kappa shape index (κ3) is 4.86. The van der Waals surface area contributed by atoms with E-state index < -0.39 is 0 Å². The van der Waals surface area contributed by atoms with E-state index in [1.54, 1.807) is 25.6 Å². The monoisotopic (exact) mass is 406 g/mol. The van der Waals surface area contributed by atoms with Crippen LogP contribution in [0.1, 0.15) is 46.1 Å². The van der Waals surface area contributed by atoms with Crippen molar-refractivity contribution in [3.63, 3.8) is 0 Å². The van der Waals surface area contributed by atoms with Crippen LogP contribution in [0.15, 0.2) is 59.4 Å². The molecule has 2 aromatic heterocycles. The van der Waals surface area contributed by atoms with E-state index in [-0.39, 0.29) is 11.7 Å². The molecule has 4 rings (SSSR count). The van der Waals surface area contributed by atoms with Crippen molar-refractivity contribution in [2.45, 2.75) is 31.8 Å². The molecular weight excluding hydrogens is 380 g/mol. The molecule has 0 bridgehead atoms. The highest BCUT2D eigenvalue weighted by Crippen LogP contribution is 2.29. The molecular formula is C23H26N4O3. The van der Waals surface area contributed by atoms with Gasteiger partial charge in [0, 0.05) is 43.0 Å². The van der Waals surface area contributed by atoms with Gasteiger partial charge >= 0.3 is 0 Å². The maximum absolute atomic E-state index is 12.3. The Morgan fingerprint density at radius 2 is 2.07 bits per heavy atom. The van der Waals surface area contributed by atoms with Crippen LogP contribution in [0.5, 0.6) is 5.75 Å². The molecule has 0 atom stereocenters. The smallest absolute Gasteiger partial charge is 0.290 e. The van der Waals surface area contributed by atoms with Crippen molar-refractivity contribution in [3.8, 4) is 5.75 Å². The lowest BCUT2D eigenvalue weighted by atomic mass is 9.93. The number of ether oxygens (including phenoxy) is 1. The fourth-order valence-electron chi connectivity index (χ4n) is 3.82. The van der Waals surface area contributed by atoms with Gasteiger partial charge in [0.15, 0.2) is 0 Å². The second kappa shape index (κ2) is 9.54. The fraction of sp³-hybridized carbons (Fsp3) is 0.348. The third-order valence-corrected chi connectivity index (χ3v) is 5.52. The maximum Gasteiger partial charge on any atom is 0.290 e. The fourth-order valence-corrected chi connectivity index (χ4v) is 3.82. The van der Waals surface area contributed by atoms with Crippen molar-refractivity contribution in [1.29, 1.82) is 0 Å². The van der Waals surface area contributed by atoms with Gasteiger partial charge in [-0.3, -0.25) is 14.7 Å². The molecule has 3 aromatic rings. The van der Waals surface area contributed by atoms with Gasteiger partial charge in [-0.25, -0.2) is 0 Å². The number of nitrogens with zero attached hydrogens (tertiary/aromatic N) is 3. The highest BCUT2D eigenvalue weighted by atomic mass is 16.5. The molecule has 0 radical (unpaired) electrons. The number of likely N-dealkylation sites (tertiary alicyclic amines) is 1. The SMILES string of the molecule is COc1ccccc1CN1CCC(c2cc(C(=O)NCc3cccnc3)on2)CC1. The van der Waals surface area contributed by atoms with E-state index in [0.717, 1.165) is 49.5 Å². The van der Waals surface area contributed by atoms with Crippen LogP contribution < -0.4 is 10.1 Å². The summed E-state index contributed by atoms with van der Waals surface area (Å²) in [7, 11) is 1.71. The van der Waals surface area contributed by atoms with Crippen LogP contribution in [0.4, 0.5) is 0 Å². The van der Waals surface area contributed by atoms with E-state index in [1.165, 1.54) is 5.56 Å². The second-order valence-electron chi connectivity index (χ2n) is 7.52. The van der Waals surface area contributed by atoms with Crippen molar-refractivity contribution >= 4 is 5.91 Å². The predicted molar refractivity (Wildman–Crippen MR) is 112 cm³/mol. The number of pyridine rings is 1. The molecule has 1 saturated heterocycles. The van der Waals surface area contributed by atoms with E-state index in [2.05, 4.69) is 26.4 Å². The van der Waals surface area contributed by atoms with Gasteiger partial charge in [0.05, 0.1) is 12.8 Å². The molecule has 1 aliphatic heterocycles. The van der Waals surface area contributed by atoms with E-state index >= 15 is 0 Å². The van der Waals surface area contributed by atoms with Crippen LogP contribution in [0, 0.1) is 0 Å². The van der Waals surface area contributed by atoms with E-state index in [4.69, 9.17) is 9.26 Å². The van der Waals surface area contributed by atoms with Crippen LogP contribution in [0.3, 0.4) is 0 Å². The lowest BCUT2D eigenvalue weighted by molar-refractivity contribution is 0.0913. The molecule has 1 fully saturated rings. The minimum atomic E-state index is -0.258. The molecule has 1 aromatic carbocycles. The number of amides is 1. The molecule has 0 aliphatic carbocycles. The average Bonchev–Trinajstić information content (AvgIpc) is 3.29. The Hall–Kier alpha value is -3.19. The molecule has 0 saturated carbocycles. The highest BCUT2D eigenvalue weighted by Gasteiger charge is 2.25. The minimum Gasteiger partial charge on any atom is -0.496 e. The molecule has 7 heteroatoms. The molecule has 1 aliphatic rings. The first-order valence-corrected chi connectivity index (χ1v) is 10.2. The number of para-hydroxylation sites is 1. The van der Waals surface area contributed by atoms with Gasteiger partial charge in [0.1, 0.15) is 5.75 Å². The maximum atomic E-state index is 12.3. The Labute approximate surface area is 176 Å². The quantitative estimate of drug-likeness (QED) is 0.648. The predicted octanol–water partition coefficient (Wildman–Crippen LogP) is 3.39. The standard InChI is InChI=1S/C23H26N4O3/c1-29-21-7-3-2-6-19(21)16-27-11-8-18(9-12-27)20-13-22(30-26-20)23(28)25-15-17-5-4-10-24-14-17/h2-7,10,13-14,18H,8-9,11-12,15-16H2,1H3,(H,25,28). The zero-order chi connectivity index (χ0) is 20.8. The van der Waals surface area contributed by atoms with E-state index in [1.807, 2.05) is 30.3 Å². The number of piperidine rings is 1. The molecule has 1 N–H and O–H groups in total. The summed E-state index contributed by atoms with van der Waals surface area (Å²) in [5.41, 5.74) is 3.00. The summed E-state index contributed by atoms with van der Waals surface area (Å²) >= 11 is 0. The lowest BCUT2D eigenvalue weighted by Crippen LogP contribution is -2.32. The zero-order valence-corrected chi connectivity index (χ0v) is 17.1. The van der Waals surface area contributed by atoms with Crippen LogP contribution in [0.2, 0.25) is 0 Å². The van der Waals surface area contributed by atoms with Gasteiger partial charge in [-0.2, -0.15) is 0 Å². The number of carbonyl (C=O) groups is 1. The molecule has 0 spiro atoms. The van der Waals surface area contributed by atoms with Gasteiger partial charge in [-0.1, -0.05) is 29.4 Å². The van der Waals surface area contributed by atoms with Crippen molar-refractivity contribution in [2.24, 2.45) is 0 Å². The van der Waals surface area contributed by atoms with Crippen LogP contribution in [0.25, 0.3) is 0 Å². The topological polar surface area (TPSA) is 80.5 Å². The lowest BCUT2D eigenvalue weighted by Gasteiger charge is -2.31. The molecule has 156 valence electrons. The number of hydrogen-bond donors (Lipinski definition) is 1. The Balaban J connectivity index is 1.29. The highest BCUT2D eigenvalue weighted by molar-refractivity contribution is 5.91. The largest absolute Gasteiger partial charge is 0.496 e. The molecule has 7 nitrogen and oxygen atoms in total. The minimum absolute atomic E-state index is 0.255. The van der Waals surface area contributed by atoms with Crippen LogP contribution in [-0.4, -0.2) is 41.1 Å². The van der Waals surface area contributed by atoms with Crippen molar-refractivity contribution < 1.29 is 14.1 Å². The first-order valence-electron chi connectivity index (χ1n) is 10.2. The first-order chi connectivity index (χ1) is 14.7. The summed E-state index contributed by atoms with van der Waals surface area (Å²) in [5, 5.41) is 7.01. The summed E-state index contributed by atoms with van der Waals surface area (Å²) in [4.78, 5) is 18.8. The Kier molecular flexibility index (Phi) is 6.39. The van der Waals surface area contributed by atoms with Crippen LogP contribution >= 0.6 is 0 Å². The summed E-state index contributed by atoms with van der Waals surface area (Å²) in [6.07, 6.45) is 5.40. The normalized spacial score (nSPS) is 15.1. The van der Waals surface area contributed by atoms with Crippen molar-refractivity contribution in [2.75, 3.05) is 20.2 Å². The molecule has 3 heterocycles. The molecule has 1 amide bonds. The number of benzene rings is 1. The Morgan fingerprint density at radius 3 is 2.83 bits per heavy atom. The summed E-state index contributed by atoms with van der Waals surface area (Å²) in [6.45, 7) is 3.22. The van der Waals surface area contributed by atoms with Gasteiger partial charge < -0.3 is 14.6 Å². The number of carbonyl (C=O) groups excluding carboxylic acids is 1. The first kappa shape index (κ1) is 20.1. The second-order valence-corrected chi connectivity index (χ2v) is 7.52. The Bertz CT molecular complexity index is 965. The molecule has 0 unspecified atom stereocenters. The molecule has 30 heavy (non-hydrogen) atoms. The number of nitrogens with one attached hydrogen (secondary N) is 1. The van der Waals surface area contributed by atoms with Crippen molar-refractivity contribution in [3.05, 3.63) is 77.4 Å². The number of rotatable bonds is 7. The number of methoxy groups -OCH3 is 1. The van der Waals surface area contributed by atoms with Gasteiger partial charge in [0.2, 0.25) is 5.76 Å². The van der Waals surface area contributed by atoms with E-state index in [0.29, 0.717) is 12.5 Å². The van der Waals surface area contributed by atoms with Crippen LogP contribution in [-0.2, 0) is 13.1 Å². The van der Waals surface area contributed by atoms with Gasteiger partial charge in [-0.15, -0.1) is 0 Å². The Morgan fingerprint density at radius 1 is 1.23 bits per heavy atom. The third-order valence-electron chi connectivity index (χ3n) is 5.52. The number of aromatic nitrogens is 2. The van der Waals surface area contributed by atoms with Gasteiger partial charge in [0.25, 0.3) is 5.91 Å².